The molecule has 2 aromatic carbocycles. The maximum absolute atomic E-state index is 12.0. The average molecular weight is 359 g/mol. The normalized spacial score (nSPS) is 14.9. The second kappa shape index (κ2) is 7.74. The van der Waals surface area contributed by atoms with Gasteiger partial charge in [-0.1, -0.05) is 42.5 Å². The molecule has 1 aliphatic rings. The number of nitrogens with zero attached hydrogens (tertiary/aromatic N) is 1. The number of hydrogen-bond acceptors (Lipinski definition) is 5. The first kappa shape index (κ1) is 16.8. The van der Waals surface area contributed by atoms with Crippen molar-refractivity contribution in [2.45, 2.75) is 6.42 Å². The molecule has 0 amide bonds. The molecule has 0 bridgehead atoms. The van der Waals surface area contributed by atoms with Crippen molar-refractivity contribution in [1.82, 2.24) is 0 Å². The Labute approximate surface area is 156 Å². The molecule has 0 atom stereocenters. The summed E-state index contributed by atoms with van der Waals surface area (Å²) in [6, 6.07) is 21.1. The number of ether oxygens (including phenoxy) is 2. The van der Waals surface area contributed by atoms with Crippen LogP contribution in [-0.2, 0) is 16.0 Å². The van der Waals surface area contributed by atoms with Crippen LogP contribution in [0.25, 0.3) is 6.08 Å². The molecule has 0 fully saturated rings. The van der Waals surface area contributed by atoms with E-state index >= 15 is 0 Å². The summed E-state index contributed by atoms with van der Waals surface area (Å²) in [7, 11) is 0. The fraction of sp³-hybridized carbons (Fsp3) is 0.0909. The third-order valence-corrected chi connectivity index (χ3v) is 4.04. The quantitative estimate of drug-likeness (QED) is 0.488. The van der Waals surface area contributed by atoms with E-state index in [1.807, 2.05) is 42.5 Å². The minimum atomic E-state index is -0.496. The monoisotopic (exact) mass is 359 g/mol. The standard InChI is InChI=1S/C22H17NO4/c24-22-19(23-21(27-22)20-7-4-13-26-20)15-17-8-10-18(11-9-17)25-14-12-16-5-2-1-3-6-16/h1-11,13,15H,12,14H2/b19-15-. The largest absolute Gasteiger partial charge is 0.493 e. The summed E-state index contributed by atoms with van der Waals surface area (Å²) in [5.41, 5.74) is 2.31. The first-order chi connectivity index (χ1) is 13.3. The Morgan fingerprint density at radius 2 is 1.78 bits per heavy atom. The van der Waals surface area contributed by atoms with Crippen LogP contribution < -0.4 is 4.74 Å². The number of benzene rings is 2. The summed E-state index contributed by atoms with van der Waals surface area (Å²) in [6.45, 7) is 0.605. The molecular formula is C22H17NO4. The van der Waals surface area contributed by atoms with Crippen LogP contribution in [0.5, 0.6) is 5.75 Å². The van der Waals surface area contributed by atoms with Crippen LogP contribution in [0.4, 0.5) is 0 Å². The van der Waals surface area contributed by atoms with Gasteiger partial charge >= 0.3 is 5.97 Å². The fourth-order valence-electron chi connectivity index (χ4n) is 2.66. The van der Waals surface area contributed by atoms with Crippen molar-refractivity contribution in [3.8, 4) is 5.75 Å². The summed E-state index contributed by atoms with van der Waals surface area (Å²) < 4.78 is 16.1. The minimum absolute atomic E-state index is 0.178. The molecule has 0 radical (unpaired) electrons. The van der Waals surface area contributed by atoms with Crippen LogP contribution in [-0.4, -0.2) is 18.5 Å². The second-order valence-electron chi connectivity index (χ2n) is 5.97. The highest BCUT2D eigenvalue weighted by atomic mass is 16.6. The average Bonchev–Trinajstić information content (AvgIpc) is 3.35. The lowest BCUT2D eigenvalue weighted by Crippen LogP contribution is -2.04. The van der Waals surface area contributed by atoms with Crippen LogP contribution in [0.3, 0.4) is 0 Å². The van der Waals surface area contributed by atoms with Crippen LogP contribution in [0, 0.1) is 0 Å². The second-order valence-corrected chi connectivity index (χ2v) is 5.97. The Morgan fingerprint density at radius 3 is 2.52 bits per heavy atom. The van der Waals surface area contributed by atoms with Crippen molar-refractivity contribution in [2.24, 2.45) is 4.99 Å². The van der Waals surface area contributed by atoms with E-state index < -0.39 is 5.97 Å². The Hall–Kier alpha value is -3.60. The van der Waals surface area contributed by atoms with Crippen molar-refractivity contribution in [2.75, 3.05) is 6.61 Å². The SMILES string of the molecule is O=C1OC(c2ccco2)=N/C1=C\c1ccc(OCCc2ccccc2)cc1. The van der Waals surface area contributed by atoms with Crippen molar-refractivity contribution in [3.63, 3.8) is 0 Å². The van der Waals surface area contributed by atoms with Crippen molar-refractivity contribution >= 4 is 17.9 Å². The molecule has 5 heteroatoms. The molecule has 134 valence electrons. The van der Waals surface area contributed by atoms with Gasteiger partial charge < -0.3 is 13.9 Å². The van der Waals surface area contributed by atoms with Gasteiger partial charge in [0.15, 0.2) is 11.5 Å². The summed E-state index contributed by atoms with van der Waals surface area (Å²) in [6.07, 6.45) is 4.03. The molecular weight excluding hydrogens is 342 g/mol. The zero-order valence-electron chi connectivity index (χ0n) is 14.5. The van der Waals surface area contributed by atoms with Gasteiger partial charge in [0.2, 0.25) is 0 Å². The lowest BCUT2D eigenvalue weighted by atomic mass is 10.1. The fourth-order valence-corrected chi connectivity index (χ4v) is 2.66. The third-order valence-electron chi connectivity index (χ3n) is 4.04. The Bertz CT molecular complexity index is 971. The highest BCUT2D eigenvalue weighted by Crippen LogP contribution is 2.21. The Kier molecular flexibility index (Phi) is 4.83. The molecule has 5 nitrogen and oxygen atoms in total. The zero-order chi connectivity index (χ0) is 18.5. The van der Waals surface area contributed by atoms with E-state index in [1.165, 1.54) is 11.8 Å². The van der Waals surface area contributed by atoms with E-state index in [-0.39, 0.29) is 11.6 Å². The molecule has 0 N–H and O–H groups in total. The van der Waals surface area contributed by atoms with Crippen LogP contribution in [0.2, 0.25) is 0 Å². The molecule has 27 heavy (non-hydrogen) atoms. The molecule has 3 aromatic rings. The Morgan fingerprint density at radius 1 is 0.963 bits per heavy atom. The zero-order valence-corrected chi connectivity index (χ0v) is 14.5. The van der Waals surface area contributed by atoms with Crippen LogP contribution >= 0.6 is 0 Å². The highest BCUT2D eigenvalue weighted by Gasteiger charge is 2.25. The number of furan rings is 1. The van der Waals surface area contributed by atoms with Crippen LogP contribution in [0.1, 0.15) is 16.9 Å². The molecule has 0 saturated heterocycles. The van der Waals surface area contributed by atoms with Crippen molar-refractivity contribution < 1.29 is 18.7 Å². The molecule has 1 aromatic heterocycles. The van der Waals surface area contributed by atoms with Gasteiger partial charge in [0, 0.05) is 6.42 Å². The van der Waals surface area contributed by atoms with Gasteiger partial charge in [-0.05, 0) is 41.5 Å². The maximum atomic E-state index is 12.0. The lowest BCUT2D eigenvalue weighted by Gasteiger charge is -2.06. The van der Waals surface area contributed by atoms with Crippen molar-refractivity contribution in [3.05, 3.63) is 95.6 Å². The van der Waals surface area contributed by atoms with Crippen molar-refractivity contribution in [1.29, 1.82) is 0 Å². The van der Waals surface area contributed by atoms with Gasteiger partial charge in [0.25, 0.3) is 5.90 Å². The maximum Gasteiger partial charge on any atom is 0.363 e. The number of carbonyl (C=O) groups excluding carboxylic acids is 1. The molecule has 0 saturated carbocycles. The molecule has 1 aliphatic heterocycles. The van der Waals surface area contributed by atoms with E-state index in [1.54, 1.807) is 18.2 Å². The highest BCUT2D eigenvalue weighted by molar-refractivity contribution is 6.11. The minimum Gasteiger partial charge on any atom is -0.493 e. The van der Waals surface area contributed by atoms with Gasteiger partial charge in [-0.15, -0.1) is 0 Å². The topological polar surface area (TPSA) is 61.0 Å². The van der Waals surface area contributed by atoms with E-state index in [4.69, 9.17) is 13.9 Å². The number of carbonyl (C=O) groups is 1. The summed E-state index contributed by atoms with van der Waals surface area (Å²) in [4.78, 5) is 16.1. The van der Waals surface area contributed by atoms with Gasteiger partial charge in [-0.3, -0.25) is 0 Å². The summed E-state index contributed by atoms with van der Waals surface area (Å²) in [5.74, 6) is 0.887. The molecule has 4 rings (SSSR count). The van der Waals surface area contributed by atoms with E-state index in [9.17, 15) is 4.79 Å². The lowest BCUT2D eigenvalue weighted by molar-refractivity contribution is -0.130. The first-order valence-corrected chi connectivity index (χ1v) is 8.61. The number of rotatable bonds is 6. The number of aliphatic imine (C=N–C) groups is 1. The predicted molar refractivity (Wildman–Crippen MR) is 101 cm³/mol. The smallest absolute Gasteiger partial charge is 0.363 e. The van der Waals surface area contributed by atoms with E-state index in [0.29, 0.717) is 12.4 Å². The number of cyclic esters (lactones) is 1. The predicted octanol–water partition coefficient (Wildman–Crippen LogP) is 4.25. The molecule has 0 unspecified atom stereocenters. The molecule has 0 spiro atoms. The summed E-state index contributed by atoms with van der Waals surface area (Å²) >= 11 is 0. The van der Waals surface area contributed by atoms with Crippen LogP contribution in [0.15, 0.2) is 88.1 Å². The van der Waals surface area contributed by atoms with Gasteiger partial charge in [0.1, 0.15) is 5.75 Å². The molecule has 2 heterocycles. The summed E-state index contributed by atoms with van der Waals surface area (Å²) in [5, 5.41) is 0. The molecule has 0 aliphatic carbocycles. The number of esters is 1. The first-order valence-electron chi connectivity index (χ1n) is 8.61. The van der Waals surface area contributed by atoms with E-state index in [0.717, 1.165) is 17.7 Å². The van der Waals surface area contributed by atoms with Gasteiger partial charge in [0.05, 0.1) is 12.9 Å². The van der Waals surface area contributed by atoms with Gasteiger partial charge in [-0.2, -0.15) is 0 Å². The van der Waals surface area contributed by atoms with Gasteiger partial charge in [-0.25, -0.2) is 9.79 Å². The Balaban J connectivity index is 1.39. The third kappa shape index (κ3) is 4.15. The van der Waals surface area contributed by atoms with E-state index in [2.05, 4.69) is 17.1 Å². The number of hydrogen-bond donors (Lipinski definition) is 0.